The number of carboxylic acids is 1. The molecule has 0 bridgehead atoms. The first-order valence-corrected chi connectivity index (χ1v) is 4.95. The monoisotopic (exact) mass is 250 g/mol. The topological polar surface area (TPSA) is 126 Å². The zero-order chi connectivity index (χ0) is 13.1. The largest absolute Gasteiger partial charge is 0.479 e. The van der Waals surface area contributed by atoms with Crippen molar-refractivity contribution in [2.45, 2.75) is 6.04 Å². The molecule has 0 saturated carbocycles. The van der Waals surface area contributed by atoms with Gasteiger partial charge in [-0.05, 0) is 0 Å². The predicted molar refractivity (Wildman–Crippen MR) is 57.4 cm³/mol. The Kier molecular flexibility index (Phi) is 3.04. The number of nitrogens with zero attached hydrogens (tertiary/aromatic N) is 4. The molecule has 0 aromatic carbocycles. The number of carbonyl (C=O) groups excluding carboxylic acids is 1. The maximum Gasteiger partial charge on any atom is 0.331 e. The summed E-state index contributed by atoms with van der Waals surface area (Å²) in [7, 11) is 1.65. The highest BCUT2D eigenvalue weighted by Gasteiger charge is 2.24. The third kappa shape index (κ3) is 2.34. The van der Waals surface area contributed by atoms with Gasteiger partial charge in [0.25, 0.3) is 5.91 Å². The summed E-state index contributed by atoms with van der Waals surface area (Å²) >= 11 is 0. The highest BCUT2D eigenvalue weighted by atomic mass is 16.4. The van der Waals surface area contributed by atoms with Crippen molar-refractivity contribution in [2.75, 3.05) is 0 Å². The number of aliphatic carboxylic acids is 1. The van der Waals surface area contributed by atoms with Crippen molar-refractivity contribution in [1.29, 1.82) is 0 Å². The van der Waals surface area contributed by atoms with Gasteiger partial charge in [0, 0.05) is 18.8 Å². The Morgan fingerprint density at radius 1 is 1.56 bits per heavy atom. The Bertz CT molecular complexity index is 561. The second-order valence-electron chi connectivity index (χ2n) is 3.53. The van der Waals surface area contributed by atoms with E-state index in [1.54, 1.807) is 7.05 Å². The molecular formula is C9H10N6O3. The van der Waals surface area contributed by atoms with Crippen LogP contribution in [0.25, 0.3) is 0 Å². The van der Waals surface area contributed by atoms with Crippen LogP contribution in [0.3, 0.4) is 0 Å². The molecule has 1 amide bonds. The molecule has 94 valence electrons. The van der Waals surface area contributed by atoms with Crippen molar-refractivity contribution < 1.29 is 14.7 Å². The van der Waals surface area contributed by atoms with Gasteiger partial charge in [-0.3, -0.25) is 14.6 Å². The number of carboxylic acid groups (broad SMARTS) is 1. The molecule has 9 nitrogen and oxygen atoms in total. The number of carbonyl (C=O) groups is 2. The summed E-state index contributed by atoms with van der Waals surface area (Å²) in [5.41, 5.74) is 0.373. The van der Waals surface area contributed by atoms with Crippen LogP contribution in [0, 0.1) is 0 Å². The molecule has 1 unspecified atom stereocenters. The predicted octanol–water partition coefficient (Wildman–Crippen LogP) is -0.906. The zero-order valence-electron chi connectivity index (χ0n) is 9.36. The molecule has 0 aliphatic carbocycles. The number of aromatic amines is 1. The number of aromatic nitrogens is 5. The van der Waals surface area contributed by atoms with Gasteiger partial charge in [0.15, 0.2) is 6.04 Å². The van der Waals surface area contributed by atoms with E-state index in [0.29, 0.717) is 5.56 Å². The van der Waals surface area contributed by atoms with Crippen molar-refractivity contribution in [3.8, 4) is 0 Å². The van der Waals surface area contributed by atoms with Gasteiger partial charge < -0.3 is 10.4 Å². The smallest absolute Gasteiger partial charge is 0.331 e. The van der Waals surface area contributed by atoms with E-state index in [0.717, 1.165) is 6.33 Å². The first kappa shape index (κ1) is 11.8. The number of H-pyrrole nitrogens is 1. The average molecular weight is 250 g/mol. The van der Waals surface area contributed by atoms with Crippen LogP contribution in [0.1, 0.15) is 22.2 Å². The Hall–Kier alpha value is -2.71. The SMILES string of the molecule is Cn1cc(C(NC(=O)c2ncn[nH]2)C(=O)O)cn1. The highest BCUT2D eigenvalue weighted by Crippen LogP contribution is 2.12. The molecular weight excluding hydrogens is 240 g/mol. The lowest BCUT2D eigenvalue weighted by atomic mass is 10.1. The third-order valence-electron chi connectivity index (χ3n) is 2.21. The normalized spacial score (nSPS) is 12.1. The quantitative estimate of drug-likeness (QED) is 0.645. The molecule has 0 spiro atoms. The summed E-state index contributed by atoms with van der Waals surface area (Å²) in [4.78, 5) is 26.4. The standard InChI is InChI=1S/C9H10N6O3/c1-15-3-5(2-12-15)6(9(17)18)13-8(16)7-10-4-11-14-7/h2-4,6H,1H3,(H,13,16)(H,17,18)(H,10,11,14). The molecule has 18 heavy (non-hydrogen) atoms. The molecule has 9 heteroatoms. The van der Waals surface area contributed by atoms with Crippen LogP contribution in [0.2, 0.25) is 0 Å². The van der Waals surface area contributed by atoms with E-state index in [1.165, 1.54) is 17.1 Å². The van der Waals surface area contributed by atoms with E-state index in [9.17, 15) is 9.59 Å². The van der Waals surface area contributed by atoms with Crippen molar-refractivity contribution in [3.63, 3.8) is 0 Å². The maximum absolute atomic E-state index is 11.7. The molecule has 2 aromatic heterocycles. The molecule has 2 heterocycles. The number of aryl methyl sites for hydroxylation is 1. The lowest BCUT2D eigenvalue weighted by Crippen LogP contribution is -2.34. The molecule has 0 fully saturated rings. The summed E-state index contributed by atoms with van der Waals surface area (Å²) in [6.07, 6.45) is 4.05. The van der Waals surface area contributed by atoms with Crippen LogP contribution in [0.5, 0.6) is 0 Å². The lowest BCUT2D eigenvalue weighted by Gasteiger charge is -2.11. The number of rotatable bonds is 4. The van der Waals surface area contributed by atoms with E-state index < -0.39 is 17.9 Å². The fraction of sp³-hybridized carbons (Fsp3) is 0.222. The summed E-state index contributed by atoms with van der Waals surface area (Å²) in [6, 6.07) is -1.18. The summed E-state index contributed by atoms with van der Waals surface area (Å²) in [6.45, 7) is 0. The first-order chi connectivity index (χ1) is 8.58. The van der Waals surface area contributed by atoms with Crippen LogP contribution in [-0.4, -0.2) is 41.9 Å². The molecule has 0 radical (unpaired) electrons. The van der Waals surface area contributed by atoms with Gasteiger partial charge >= 0.3 is 5.97 Å². The van der Waals surface area contributed by atoms with Gasteiger partial charge in [0.2, 0.25) is 5.82 Å². The first-order valence-electron chi connectivity index (χ1n) is 4.95. The number of hydrogen-bond acceptors (Lipinski definition) is 5. The molecule has 2 rings (SSSR count). The van der Waals surface area contributed by atoms with Gasteiger partial charge in [0.1, 0.15) is 6.33 Å². The summed E-state index contributed by atoms with van der Waals surface area (Å²) in [5.74, 6) is -1.88. The zero-order valence-corrected chi connectivity index (χ0v) is 9.36. The molecule has 3 N–H and O–H groups in total. The Labute approximate surface area is 101 Å². The number of nitrogens with one attached hydrogen (secondary N) is 2. The fourth-order valence-electron chi connectivity index (χ4n) is 1.39. The number of amides is 1. The minimum absolute atomic E-state index is 0.0508. The fourth-order valence-corrected chi connectivity index (χ4v) is 1.39. The van der Waals surface area contributed by atoms with Crippen molar-refractivity contribution in [1.82, 2.24) is 30.3 Å². The van der Waals surface area contributed by atoms with E-state index in [4.69, 9.17) is 5.11 Å². The lowest BCUT2D eigenvalue weighted by molar-refractivity contribution is -0.139. The van der Waals surface area contributed by atoms with Gasteiger partial charge in [-0.15, -0.1) is 0 Å². The van der Waals surface area contributed by atoms with Crippen LogP contribution in [0.4, 0.5) is 0 Å². The van der Waals surface area contributed by atoms with Crippen molar-refractivity contribution >= 4 is 11.9 Å². The minimum atomic E-state index is -1.18. The molecule has 0 aliphatic heterocycles. The second-order valence-corrected chi connectivity index (χ2v) is 3.53. The Balaban J connectivity index is 2.17. The van der Waals surface area contributed by atoms with E-state index in [1.807, 2.05) is 0 Å². The molecule has 0 aliphatic rings. The van der Waals surface area contributed by atoms with E-state index in [2.05, 4.69) is 25.6 Å². The number of hydrogen-bond donors (Lipinski definition) is 3. The van der Waals surface area contributed by atoms with E-state index in [-0.39, 0.29) is 5.82 Å². The Morgan fingerprint density at radius 3 is 2.83 bits per heavy atom. The Morgan fingerprint density at radius 2 is 2.33 bits per heavy atom. The molecule has 1 atom stereocenters. The summed E-state index contributed by atoms with van der Waals surface area (Å²) < 4.78 is 1.45. The third-order valence-corrected chi connectivity index (χ3v) is 2.21. The van der Waals surface area contributed by atoms with Gasteiger partial charge in [0.05, 0.1) is 6.20 Å². The summed E-state index contributed by atoms with van der Waals surface area (Å²) in [5, 5.41) is 21.1. The van der Waals surface area contributed by atoms with Crippen LogP contribution < -0.4 is 5.32 Å². The van der Waals surface area contributed by atoms with Gasteiger partial charge in [-0.2, -0.15) is 10.2 Å². The minimum Gasteiger partial charge on any atom is -0.479 e. The van der Waals surface area contributed by atoms with Crippen LogP contribution in [0.15, 0.2) is 18.7 Å². The van der Waals surface area contributed by atoms with Gasteiger partial charge in [-0.25, -0.2) is 9.78 Å². The second kappa shape index (κ2) is 4.65. The van der Waals surface area contributed by atoms with Gasteiger partial charge in [-0.1, -0.05) is 0 Å². The molecule has 2 aromatic rings. The van der Waals surface area contributed by atoms with Crippen molar-refractivity contribution in [2.24, 2.45) is 7.05 Å². The van der Waals surface area contributed by atoms with Crippen LogP contribution in [-0.2, 0) is 11.8 Å². The maximum atomic E-state index is 11.7. The molecule has 0 saturated heterocycles. The van der Waals surface area contributed by atoms with Crippen LogP contribution >= 0.6 is 0 Å². The van der Waals surface area contributed by atoms with E-state index >= 15 is 0 Å². The highest BCUT2D eigenvalue weighted by molar-refractivity contribution is 5.93. The van der Waals surface area contributed by atoms with Crippen molar-refractivity contribution in [3.05, 3.63) is 30.1 Å². The average Bonchev–Trinajstić information content (AvgIpc) is 2.95.